The van der Waals surface area contributed by atoms with Gasteiger partial charge in [0.25, 0.3) is 5.91 Å². The lowest BCUT2D eigenvalue weighted by Crippen LogP contribution is -2.39. The van der Waals surface area contributed by atoms with Crippen LogP contribution in [0.3, 0.4) is 0 Å². The highest BCUT2D eigenvalue weighted by Crippen LogP contribution is 2.25. The van der Waals surface area contributed by atoms with Crippen LogP contribution in [-0.4, -0.2) is 35.9 Å². The van der Waals surface area contributed by atoms with E-state index >= 15 is 0 Å². The van der Waals surface area contributed by atoms with Gasteiger partial charge < -0.3 is 10.6 Å². The molecule has 18 heavy (non-hydrogen) atoms. The van der Waals surface area contributed by atoms with Crippen molar-refractivity contribution >= 4 is 34.9 Å². The van der Waals surface area contributed by atoms with E-state index in [9.17, 15) is 9.59 Å². The number of thioether (sulfide) groups is 1. The summed E-state index contributed by atoms with van der Waals surface area (Å²) in [5.74, 6) is 0.887. The van der Waals surface area contributed by atoms with Gasteiger partial charge in [0.15, 0.2) is 0 Å². The maximum absolute atomic E-state index is 11.6. The van der Waals surface area contributed by atoms with Crippen LogP contribution < -0.4 is 10.6 Å². The average molecular weight is 284 g/mol. The number of carbonyl (C=O) groups is 2. The van der Waals surface area contributed by atoms with Crippen molar-refractivity contribution in [3.63, 3.8) is 0 Å². The molecule has 0 bridgehead atoms. The number of hydrogen-bond donors (Lipinski definition) is 2. The van der Waals surface area contributed by atoms with Crippen molar-refractivity contribution in [3.05, 3.63) is 22.4 Å². The number of nitrogens with one attached hydrogen (secondary N) is 2. The first kappa shape index (κ1) is 13.4. The molecular formula is C12H16N2O2S2. The van der Waals surface area contributed by atoms with Crippen LogP contribution in [0.2, 0.25) is 0 Å². The summed E-state index contributed by atoms with van der Waals surface area (Å²) < 4.78 is 0. The van der Waals surface area contributed by atoms with Gasteiger partial charge in [0.1, 0.15) is 0 Å². The van der Waals surface area contributed by atoms with Gasteiger partial charge >= 0.3 is 0 Å². The second-order valence-corrected chi connectivity index (χ2v) is 6.46. The predicted molar refractivity (Wildman–Crippen MR) is 75.1 cm³/mol. The third-order valence-corrected chi connectivity index (χ3v) is 4.97. The van der Waals surface area contributed by atoms with E-state index in [1.807, 2.05) is 23.2 Å². The van der Waals surface area contributed by atoms with Crippen molar-refractivity contribution < 1.29 is 9.59 Å². The van der Waals surface area contributed by atoms with Crippen molar-refractivity contribution in [1.82, 2.24) is 10.6 Å². The first-order valence-corrected chi connectivity index (χ1v) is 7.88. The molecule has 0 saturated carbocycles. The quantitative estimate of drug-likeness (QED) is 0.861. The van der Waals surface area contributed by atoms with Crippen LogP contribution in [0.4, 0.5) is 0 Å². The molecule has 0 radical (unpaired) electrons. The number of amides is 2. The van der Waals surface area contributed by atoms with Gasteiger partial charge in [0.2, 0.25) is 5.91 Å². The SMILES string of the molecule is O=C(CNC(=O)c1cccs1)NC[C@@H]1CCCS1. The summed E-state index contributed by atoms with van der Waals surface area (Å²) in [6.07, 6.45) is 2.41. The van der Waals surface area contributed by atoms with E-state index in [1.165, 1.54) is 29.9 Å². The minimum absolute atomic E-state index is 0.0497. The van der Waals surface area contributed by atoms with Gasteiger partial charge in [0.05, 0.1) is 11.4 Å². The standard InChI is InChI=1S/C12H16N2O2S2/c15-11(13-7-9-3-1-5-17-9)8-14-12(16)10-4-2-6-18-10/h2,4,6,9H,1,3,5,7-8H2,(H,13,15)(H,14,16)/t9-/m0/s1. The van der Waals surface area contributed by atoms with Crippen LogP contribution in [-0.2, 0) is 4.79 Å². The highest BCUT2D eigenvalue weighted by atomic mass is 32.2. The van der Waals surface area contributed by atoms with Crippen molar-refractivity contribution in [3.8, 4) is 0 Å². The Labute approximate surface area is 115 Å². The fourth-order valence-electron chi connectivity index (χ4n) is 1.75. The van der Waals surface area contributed by atoms with Crippen LogP contribution >= 0.6 is 23.1 Å². The molecule has 2 rings (SSSR count). The van der Waals surface area contributed by atoms with Gasteiger partial charge in [0, 0.05) is 11.8 Å². The Morgan fingerprint density at radius 3 is 2.94 bits per heavy atom. The molecule has 1 saturated heterocycles. The van der Waals surface area contributed by atoms with E-state index in [1.54, 1.807) is 6.07 Å². The highest BCUT2D eigenvalue weighted by Gasteiger charge is 2.16. The molecular weight excluding hydrogens is 268 g/mol. The molecule has 0 aromatic carbocycles. The van der Waals surface area contributed by atoms with Gasteiger partial charge in [-0.1, -0.05) is 6.07 Å². The summed E-state index contributed by atoms with van der Waals surface area (Å²) in [4.78, 5) is 23.8. The second kappa shape index (κ2) is 6.80. The minimum atomic E-state index is -0.185. The van der Waals surface area contributed by atoms with Crippen molar-refractivity contribution in [1.29, 1.82) is 0 Å². The Morgan fingerprint density at radius 1 is 1.39 bits per heavy atom. The molecule has 1 fully saturated rings. The van der Waals surface area contributed by atoms with Crippen LogP contribution in [0, 0.1) is 0 Å². The molecule has 1 aliphatic heterocycles. The second-order valence-electron chi connectivity index (χ2n) is 4.10. The van der Waals surface area contributed by atoms with Crippen LogP contribution in [0.5, 0.6) is 0 Å². The Balaban J connectivity index is 1.63. The van der Waals surface area contributed by atoms with E-state index in [4.69, 9.17) is 0 Å². The van der Waals surface area contributed by atoms with Crippen LogP contribution in [0.25, 0.3) is 0 Å². The zero-order valence-corrected chi connectivity index (χ0v) is 11.6. The Bertz CT molecular complexity index is 400. The molecule has 1 aromatic heterocycles. The number of rotatable bonds is 5. The first-order valence-electron chi connectivity index (χ1n) is 5.95. The molecule has 0 spiro atoms. The van der Waals surface area contributed by atoms with E-state index < -0.39 is 0 Å². The molecule has 1 atom stereocenters. The third kappa shape index (κ3) is 4.03. The molecule has 1 aliphatic rings. The third-order valence-electron chi connectivity index (χ3n) is 2.71. The van der Waals surface area contributed by atoms with Gasteiger partial charge in [-0.15, -0.1) is 11.3 Å². The smallest absolute Gasteiger partial charge is 0.261 e. The fraction of sp³-hybridized carbons (Fsp3) is 0.500. The maximum Gasteiger partial charge on any atom is 0.261 e. The van der Waals surface area contributed by atoms with Crippen LogP contribution in [0.1, 0.15) is 22.5 Å². The molecule has 2 amide bonds. The van der Waals surface area contributed by atoms with Gasteiger partial charge in [-0.3, -0.25) is 9.59 Å². The Morgan fingerprint density at radius 2 is 2.28 bits per heavy atom. The van der Waals surface area contributed by atoms with Gasteiger partial charge in [-0.25, -0.2) is 0 Å². The molecule has 0 unspecified atom stereocenters. The van der Waals surface area contributed by atoms with Crippen molar-refractivity contribution in [2.24, 2.45) is 0 Å². The molecule has 2 heterocycles. The van der Waals surface area contributed by atoms with E-state index in [0.717, 1.165) is 0 Å². The van der Waals surface area contributed by atoms with Gasteiger partial charge in [-0.05, 0) is 30.0 Å². The Hall–Kier alpha value is -1.01. The van der Waals surface area contributed by atoms with E-state index in [2.05, 4.69) is 10.6 Å². The molecule has 1 aromatic rings. The number of hydrogen-bond acceptors (Lipinski definition) is 4. The fourth-order valence-corrected chi connectivity index (χ4v) is 3.59. The lowest BCUT2D eigenvalue weighted by molar-refractivity contribution is -0.120. The van der Waals surface area contributed by atoms with Crippen molar-refractivity contribution in [2.45, 2.75) is 18.1 Å². The van der Waals surface area contributed by atoms with Crippen LogP contribution in [0.15, 0.2) is 17.5 Å². The number of carbonyl (C=O) groups excluding carboxylic acids is 2. The number of thiophene rings is 1. The molecule has 0 aliphatic carbocycles. The van der Waals surface area contributed by atoms with Gasteiger partial charge in [-0.2, -0.15) is 11.8 Å². The summed E-state index contributed by atoms with van der Waals surface area (Å²) in [6.45, 7) is 0.756. The summed E-state index contributed by atoms with van der Waals surface area (Å²) in [6, 6.07) is 3.56. The summed E-state index contributed by atoms with van der Waals surface area (Å²) in [5, 5.41) is 7.85. The molecule has 6 heteroatoms. The predicted octanol–water partition coefficient (Wildman–Crippen LogP) is 1.49. The topological polar surface area (TPSA) is 58.2 Å². The normalized spacial score (nSPS) is 18.6. The Kier molecular flexibility index (Phi) is 5.07. The highest BCUT2D eigenvalue weighted by molar-refractivity contribution is 8.00. The zero-order chi connectivity index (χ0) is 12.8. The van der Waals surface area contributed by atoms with E-state index in [-0.39, 0.29) is 18.4 Å². The molecule has 4 nitrogen and oxygen atoms in total. The first-order chi connectivity index (χ1) is 8.75. The molecule has 2 N–H and O–H groups in total. The lowest BCUT2D eigenvalue weighted by Gasteiger charge is -2.10. The monoisotopic (exact) mass is 284 g/mol. The zero-order valence-electron chi connectivity index (χ0n) is 9.98. The minimum Gasteiger partial charge on any atom is -0.353 e. The largest absolute Gasteiger partial charge is 0.353 e. The summed E-state index contributed by atoms with van der Waals surface area (Å²) in [5.41, 5.74) is 0. The average Bonchev–Trinajstić information content (AvgIpc) is 3.05. The maximum atomic E-state index is 11.6. The van der Waals surface area contributed by atoms with Crippen molar-refractivity contribution in [2.75, 3.05) is 18.8 Å². The lowest BCUT2D eigenvalue weighted by atomic mass is 10.2. The van der Waals surface area contributed by atoms with E-state index in [0.29, 0.717) is 16.7 Å². The molecule has 98 valence electrons. The summed E-state index contributed by atoms with van der Waals surface area (Å²) in [7, 11) is 0. The summed E-state index contributed by atoms with van der Waals surface area (Å²) >= 11 is 3.28.